The van der Waals surface area contributed by atoms with Gasteiger partial charge >= 0.3 is 0 Å². The fourth-order valence-electron chi connectivity index (χ4n) is 4.51. The van der Waals surface area contributed by atoms with Crippen LogP contribution in [0.3, 0.4) is 0 Å². The van der Waals surface area contributed by atoms with Gasteiger partial charge in [0.25, 0.3) is 0 Å². The predicted molar refractivity (Wildman–Crippen MR) is 122 cm³/mol. The molecule has 0 spiro atoms. The minimum absolute atomic E-state index is 0.504. The number of nitrogens with zero attached hydrogens (tertiary/aromatic N) is 1. The molecular weight excluding hydrogens is 380 g/mol. The first-order valence-corrected chi connectivity index (χ1v) is 11.9. The molecule has 1 aliphatic carbocycles. The molecule has 1 aliphatic rings. The zero-order valence-corrected chi connectivity index (χ0v) is 19.2. The molecule has 0 radical (unpaired) electrons. The Morgan fingerprint density at radius 1 is 1.21 bits per heavy atom. The molecule has 5 heteroatoms. The maximum absolute atomic E-state index is 5.68. The van der Waals surface area contributed by atoms with Gasteiger partial charge in [0.05, 0.1) is 14.2 Å². The van der Waals surface area contributed by atoms with Gasteiger partial charge in [0.2, 0.25) is 0 Å². The van der Waals surface area contributed by atoms with Crippen LogP contribution in [-0.2, 0) is 12.8 Å². The van der Waals surface area contributed by atoms with Crippen LogP contribution in [0.15, 0.2) is 29.6 Å². The monoisotopic (exact) mass is 416 g/mol. The van der Waals surface area contributed by atoms with E-state index in [9.17, 15) is 0 Å². The van der Waals surface area contributed by atoms with Gasteiger partial charge in [-0.15, -0.1) is 11.3 Å². The van der Waals surface area contributed by atoms with Gasteiger partial charge in [0.15, 0.2) is 11.5 Å². The van der Waals surface area contributed by atoms with Crippen LogP contribution in [0.4, 0.5) is 0 Å². The molecule has 2 unspecified atom stereocenters. The van der Waals surface area contributed by atoms with E-state index in [1.54, 1.807) is 14.2 Å². The number of benzene rings is 1. The lowest BCUT2D eigenvalue weighted by Gasteiger charge is -2.37. The molecule has 0 saturated carbocycles. The maximum atomic E-state index is 5.68. The van der Waals surface area contributed by atoms with Gasteiger partial charge in [-0.25, -0.2) is 5.01 Å². The summed E-state index contributed by atoms with van der Waals surface area (Å²) in [5.74, 6) is 2.35. The van der Waals surface area contributed by atoms with Crippen LogP contribution in [-0.4, -0.2) is 38.4 Å². The number of methoxy groups -OCH3 is 2. The van der Waals surface area contributed by atoms with E-state index in [0.29, 0.717) is 12.0 Å². The van der Waals surface area contributed by atoms with E-state index in [1.807, 2.05) is 17.4 Å². The molecule has 0 amide bonds. The third kappa shape index (κ3) is 5.33. The number of rotatable bonds is 11. The van der Waals surface area contributed by atoms with Crippen molar-refractivity contribution in [1.82, 2.24) is 10.4 Å². The second kappa shape index (κ2) is 11.0. The third-order valence-corrected chi connectivity index (χ3v) is 7.03. The fourth-order valence-corrected chi connectivity index (χ4v) is 5.37. The Balaban J connectivity index is 1.77. The summed E-state index contributed by atoms with van der Waals surface area (Å²) >= 11 is 1.90. The smallest absolute Gasteiger partial charge is 0.164 e. The molecule has 3 rings (SSSR count). The SMILES string of the molecule is CCCCC(CN(NCC)C1CCc2c(ccc(OC)c2OC)C1)c1cccs1. The van der Waals surface area contributed by atoms with Crippen LogP contribution in [0.1, 0.15) is 61.5 Å². The van der Waals surface area contributed by atoms with Gasteiger partial charge in [-0.2, -0.15) is 0 Å². The summed E-state index contributed by atoms with van der Waals surface area (Å²) in [6.07, 6.45) is 7.00. The molecule has 1 heterocycles. The summed E-state index contributed by atoms with van der Waals surface area (Å²) in [6, 6.07) is 9.27. The molecule has 0 saturated heterocycles. The van der Waals surface area contributed by atoms with E-state index in [1.165, 1.54) is 35.3 Å². The maximum Gasteiger partial charge on any atom is 0.164 e. The number of hydrogen-bond acceptors (Lipinski definition) is 5. The fraction of sp³-hybridized carbons (Fsp3) is 0.583. The Bertz CT molecular complexity index is 748. The van der Waals surface area contributed by atoms with E-state index >= 15 is 0 Å². The molecule has 0 bridgehead atoms. The minimum Gasteiger partial charge on any atom is -0.493 e. The van der Waals surface area contributed by atoms with Crippen LogP contribution in [0.2, 0.25) is 0 Å². The van der Waals surface area contributed by atoms with Crippen molar-refractivity contribution in [3.8, 4) is 11.5 Å². The molecule has 1 aromatic heterocycles. The lowest BCUT2D eigenvalue weighted by Crippen LogP contribution is -2.49. The highest BCUT2D eigenvalue weighted by Gasteiger charge is 2.29. The van der Waals surface area contributed by atoms with E-state index < -0.39 is 0 Å². The first-order chi connectivity index (χ1) is 14.2. The number of fused-ring (bicyclic) bond motifs is 1. The third-order valence-electron chi connectivity index (χ3n) is 6.00. The van der Waals surface area contributed by atoms with E-state index in [4.69, 9.17) is 9.47 Å². The van der Waals surface area contributed by atoms with Gasteiger partial charge in [0.1, 0.15) is 0 Å². The standard InChI is InChI=1S/C24H36N2O2S/c1-5-7-9-19(23-10-8-15-29-23)17-26(25-6-2)20-12-13-21-18(16-20)11-14-22(27-3)24(21)28-4/h8,10-11,14-15,19-20,25H,5-7,9,12-13,16-17H2,1-4H3. The largest absolute Gasteiger partial charge is 0.493 e. The van der Waals surface area contributed by atoms with Gasteiger partial charge in [-0.1, -0.05) is 38.8 Å². The molecule has 29 heavy (non-hydrogen) atoms. The minimum atomic E-state index is 0.504. The lowest BCUT2D eigenvalue weighted by molar-refractivity contribution is 0.104. The van der Waals surface area contributed by atoms with Gasteiger partial charge in [-0.05, 0) is 48.8 Å². The van der Waals surface area contributed by atoms with Crippen molar-refractivity contribution in [2.75, 3.05) is 27.3 Å². The van der Waals surface area contributed by atoms with Crippen LogP contribution in [0.25, 0.3) is 0 Å². The predicted octanol–water partition coefficient (Wildman–Crippen LogP) is 5.42. The van der Waals surface area contributed by atoms with Crippen LogP contribution >= 0.6 is 11.3 Å². The van der Waals surface area contributed by atoms with Crippen molar-refractivity contribution in [1.29, 1.82) is 0 Å². The molecule has 0 fully saturated rings. The normalized spacial score (nSPS) is 17.2. The van der Waals surface area contributed by atoms with Crippen LogP contribution in [0, 0.1) is 0 Å². The summed E-state index contributed by atoms with van der Waals surface area (Å²) < 4.78 is 11.2. The van der Waals surface area contributed by atoms with Crippen molar-refractivity contribution in [3.05, 3.63) is 45.6 Å². The number of thiophene rings is 1. The molecule has 0 aliphatic heterocycles. The van der Waals surface area contributed by atoms with Crippen molar-refractivity contribution >= 4 is 11.3 Å². The highest BCUT2D eigenvalue weighted by Crippen LogP contribution is 2.38. The first-order valence-electron chi connectivity index (χ1n) is 11.0. The van der Waals surface area contributed by atoms with Crippen LogP contribution < -0.4 is 14.9 Å². The summed E-state index contributed by atoms with van der Waals surface area (Å²) in [5, 5.41) is 4.74. The average Bonchev–Trinajstić information content (AvgIpc) is 3.29. The number of nitrogens with one attached hydrogen (secondary N) is 1. The summed E-state index contributed by atoms with van der Waals surface area (Å²) in [6.45, 7) is 6.51. The first kappa shape index (κ1) is 22.1. The molecule has 1 aromatic carbocycles. The van der Waals surface area contributed by atoms with Crippen molar-refractivity contribution < 1.29 is 9.47 Å². The second-order valence-electron chi connectivity index (χ2n) is 7.85. The summed E-state index contributed by atoms with van der Waals surface area (Å²) in [7, 11) is 3.46. The Labute approximate surface area is 180 Å². The summed E-state index contributed by atoms with van der Waals surface area (Å²) in [4.78, 5) is 1.52. The molecule has 1 N–H and O–H groups in total. The highest BCUT2D eigenvalue weighted by atomic mass is 32.1. The van der Waals surface area contributed by atoms with Gasteiger partial charge in [0, 0.05) is 35.5 Å². The summed E-state index contributed by atoms with van der Waals surface area (Å²) in [5.41, 5.74) is 6.40. The number of hydrogen-bond donors (Lipinski definition) is 1. The van der Waals surface area contributed by atoms with Gasteiger partial charge < -0.3 is 9.47 Å². The van der Waals surface area contributed by atoms with Crippen LogP contribution in [0.5, 0.6) is 11.5 Å². The van der Waals surface area contributed by atoms with Crippen molar-refractivity contribution in [2.45, 2.75) is 64.3 Å². The molecule has 160 valence electrons. The topological polar surface area (TPSA) is 33.7 Å². The number of hydrazine groups is 1. The molecule has 4 nitrogen and oxygen atoms in total. The Hall–Kier alpha value is -1.56. The molecule has 2 atom stereocenters. The zero-order chi connectivity index (χ0) is 20.6. The quantitative estimate of drug-likeness (QED) is 0.496. The van der Waals surface area contributed by atoms with E-state index in [2.05, 4.69) is 47.9 Å². The Kier molecular flexibility index (Phi) is 8.40. The average molecular weight is 417 g/mol. The van der Waals surface area contributed by atoms with E-state index in [-0.39, 0.29) is 0 Å². The molecule has 2 aromatic rings. The van der Waals surface area contributed by atoms with E-state index in [0.717, 1.165) is 43.9 Å². The second-order valence-corrected chi connectivity index (χ2v) is 8.83. The Morgan fingerprint density at radius 2 is 2.07 bits per heavy atom. The highest BCUT2D eigenvalue weighted by molar-refractivity contribution is 7.10. The zero-order valence-electron chi connectivity index (χ0n) is 18.4. The van der Waals surface area contributed by atoms with Gasteiger partial charge in [-0.3, -0.25) is 5.43 Å². The molecular formula is C24H36N2O2S. The van der Waals surface area contributed by atoms with Crippen molar-refractivity contribution in [3.63, 3.8) is 0 Å². The van der Waals surface area contributed by atoms with Crippen molar-refractivity contribution in [2.24, 2.45) is 0 Å². The Morgan fingerprint density at radius 3 is 2.72 bits per heavy atom. The number of ether oxygens (including phenoxy) is 2. The number of unbranched alkanes of at least 4 members (excludes halogenated alkanes) is 1. The lowest BCUT2D eigenvalue weighted by atomic mass is 9.86.